The Morgan fingerprint density at radius 2 is 1.90 bits per heavy atom. The summed E-state index contributed by atoms with van der Waals surface area (Å²) in [6, 6.07) is 7.53. The molecule has 1 atom stereocenters. The van der Waals surface area contributed by atoms with E-state index in [4.69, 9.17) is 21.8 Å². The predicted molar refractivity (Wildman–Crippen MR) is 144 cm³/mol. The van der Waals surface area contributed by atoms with Crippen LogP contribution in [0.2, 0.25) is 5.02 Å². The Labute approximate surface area is 230 Å². The van der Waals surface area contributed by atoms with Gasteiger partial charge in [0.25, 0.3) is 5.89 Å². The number of carbonyl (C=O) groups excluding carboxylic acids is 1. The van der Waals surface area contributed by atoms with Crippen LogP contribution in [0.4, 0.5) is 16.1 Å². The standard InChI is InChI=1S/C26H29ClFN5O5S/c27-17-6-4-16(5-7-17)14-33-21-12-18(19(28)13-22(21)39(36,37)15-20(29)24(33)35)23-31-32-25(38-23)30-26(10-11-34)8-2-1-3-9-26/h4-7,12-13,20,34H,1-3,8-11,14-15,29H2,(H,30,32)/t20-/m0/s1. The zero-order valence-electron chi connectivity index (χ0n) is 21.1. The lowest BCUT2D eigenvalue weighted by molar-refractivity contribution is -0.119. The molecule has 10 nitrogen and oxygen atoms in total. The number of hydrogen-bond acceptors (Lipinski definition) is 9. The molecule has 0 spiro atoms. The molecular weight excluding hydrogens is 549 g/mol. The predicted octanol–water partition coefficient (Wildman–Crippen LogP) is 3.67. The van der Waals surface area contributed by atoms with Crippen LogP contribution >= 0.6 is 11.6 Å². The minimum atomic E-state index is -4.09. The van der Waals surface area contributed by atoms with Crippen molar-refractivity contribution in [3.63, 3.8) is 0 Å². The minimum absolute atomic E-state index is 0.0124. The van der Waals surface area contributed by atoms with E-state index in [1.807, 2.05) is 0 Å². The summed E-state index contributed by atoms with van der Waals surface area (Å²) < 4.78 is 47.3. The summed E-state index contributed by atoms with van der Waals surface area (Å²) in [5.74, 6) is -2.36. The normalized spacial score (nSPS) is 20.4. The summed E-state index contributed by atoms with van der Waals surface area (Å²) >= 11 is 5.98. The van der Waals surface area contributed by atoms with Crippen molar-refractivity contribution in [2.75, 3.05) is 22.6 Å². The number of nitrogens with zero attached hydrogens (tertiary/aromatic N) is 3. The Bertz CT molecular complexity index is 1470. The molecule has 2 aromatic carbocycles. The minimum Gasteiger partial charge on any atom is -0.403 e. The summed E-state index contributed by atoms with van der Waals surface area (Å²) in [5.41, 5.74) is 6.04. The smallest absolute Gasteiger partial charge is 0.316 e. The molecule has 39 heavy (non-hydrogen) atoms. The fraction of sp³-hybridized carbons (Fsp3) is 0.423. The molecule has 0 radical (unpaired) electrons. The number of halogens is 2. The van der Waals surface area contributed by atoms with Crippen LogP contribution in [0.3, 0.4) is 0 Å². The number of hydrogen-bond donors (Lipinski definition) is 3. The summed E-state index contributed by atoms with van der Waals surface area (Å²) in [5, 5.41) is 21.3. The molecule has 4 N–H and O–H groups in total. The second-order valence-electron chi connectivity index (χ2n) is 10.1. The van der Waals surface area contributed by atoms with Crippen molar-refractivity contribution in [3.8, 4) is 11.5 Å². The maximum Gasteiger partial charge on any atom is 0.316 e. The Balaban J connectivity index is 1.54. The highest BCUT2D eigenvalue weighted by Gasteiger charge is 2.38. The fourth-order valence-electron chi connectivity index (χ4n) is 5.31. The van der Waals surface area contributed by atoms with Crippen LogP contribution < -0.4 is 16.0 Å². The number of rotatable bonds is 7. The average Bonchev–Trinajstić information content (AvgIpc) is 3.33. The number of aliphatic hydroxyl groups excluding tert-OH is 1. The third kappa shape index (κ3) is 5.65. The number of fused-ring (bicyclic) bond motifs is 1. The van der Waals surface area contributed by atoms with Gasteiger partial charge < -0.3 is 25.5 Å². The lowest BCUT2D eigenvalue weighted by Crippen LogP contribution is -2.45. The first-order valence-electron chi connectivity index (χ1n) is 12.7. The third-order valence-electron chi connectivity index (χ3n) is 7.34. The molecule has 0 saturated heterocycles. The van der Waals surface area contributed by atoms with Crippen LogP contribution in [0.25, 0.3) is 11.5 Å². The molecule has 5 rings (SSSR count). The monoisotopic (exact) mass is 577 g/mol. The van der Waals surface area contributed by atoms with E-state index in [0.29, 0.717) is 17.0 Å². The lowest BCUT2D eigenvalue weighted by Gasteiger charge is -2.37. The zero-order valence-corrected chi connectivity index (χ0v) is 22.6. The topological polar surface area (TPSA) is 152 Å². The van der Waals surface area contributed by atoms with E-state index in [1.54, 1.807) is 24.3 Å². The molecule has 1 fully saturated rings. The van der Waals surface area contributed by atoms with Crippen molar-refractivity contribution < 1.29 is 27.1 Å². The Morgan fingerprint density at radius 3 is 2.59 bits per heavy atom. The van der Waals surface area contributed by atoms with Gasteiger partial charge in [0.15, 0.2) is 9.84 Å². The van der Waals surface area contributed by atoms with Gasteiger partial charge in [0.2, 0.25) is 5.91 Å². The largest absolute Gasteiger partial charge is 0.403 e. The molecule has 1 aliphatic carbocycles. The number of nitrogens with one attached hydrogen (secondary N) is 1. The summed E-state index contributed by atoms with van der Waals surface area (Å²) in [7, 11) is -4.09. The molecular formula is C26H29ClFN5O5S. The molecule has 0 unspecified atom stereocenters. The van der Waals surface area contributed by atoms with Gasteiger partial charge in [-0.2, -0.15) is 0 Å². The van der Waals surface area contributed by atoms with Crippen molar-refractivity contribution in [3.05, 3.63) is 52.8 Å². The quantitative estimate of drug-likeness (QED) is 0.382. The second-order valence-corrected chi connectivity index (χ2v) is 12.5. The first-order valence-corrected chi connectivity index (χ1v) is 14.7. The number of anilines is 2. The van der Waals surface area contributed by atoms with E-state index in [-0.39, 0.29) is 41.2 Å². The summed E-state index contributed by atoms with van der Waals surface area (Å²) in [6.07, 6.45) is 5.21. The number of aromatic nitrogens is 2. The number of aliphatic hydroxyl groups is 1. The van der Waals surface area contributed by atoms with Crippen LogP contribution in [0.5, 0.6) is 0 Å². The Morgan fingerprint density at radius 1 is 1.18 bits per heavy atom. The van der Waals surface area contributed by atoms with E-state index in [9.17, 15) is 18.3 Å². The van der Waals surface area contributed by atoms with E-state index in [2.05, 4.69) is 15.5 Å². The SMILES string of the molecule is N[C@H]1CS(=O)(=O)c2cc(F)c(-c3nnc(NC4(CCO)CCCCC4)o3)cc2N(Cc2ccc(Cl)cc2)C1=O. The molecule has 1 saturated carbocycles. The van der Waals surface area contributed by atoms with Gasteiger partial charge in [0.05, 0.1) is 34.5 Å². The van der Waals surface area contributed by atoms with E-state index in [0.717, 1.165) is 38.2 Å². The van der Waals surface area contributed by atoms with Gasteiger partial charge in [0, 0.05) is 17.2 Å². The summed E-state index contributed by atoms with van der Waals surface area (Å²) in [4.78, 5) is 14.1. The third-order valence-corrected chi connectivity index (χ3v) is 9.39. The highest BCUT2D eigenvalue weighted by Crippen LogP contribution is 2.38. The second kappa shape index (κ2) is 10.8. The molecule has 208 valence electrons. The van der Waals surface area contributed by atoms with Gasteiger partial charge in [-0.1, -0.05) is 48.1 Å². The van der Waals surface area contributed by atoms with Crippen molar-refractivity contribution in [1.82, 2.24) is 10.2 Å². The van der Waals surface area contributed by atoms with Crippen LogP contribution in [-0.4, -0.2) is 53.6 Å². The zero-order chi connectivity index (χ0) is 27.8. The van der Waals surface area contributed by atoms with E-state index >= 15 is 4.39 Å². The van der Waals surface area contributed by atoms with Gasteiger partial charge >= 0.3 is 6.01 Å². The van der Waals surface area contributed by atoms with Crippen molar-refractivity contribution in [1.29, 1.82) is 0 Å². The van der Waals surface area contributed by atoms with Crippen LogP contribution in [0.15, 0.2) is 45.7 Å². The maximum atomic E-state index is 15.4. The van der Waals surface area contributed by atoms with Crippen molar-refractivity contribution >= 4 is 39.0 Å². The molecule has 1 aromatic heterocycles. The fourth-order valence-corrected chi connectivity index (χ4v) is 7.00. The number of nitrogens with two attached hydrogens (primary N) is 1. The highest BCUT2D eigenvalue weighted by molar-refractivity contribution is 7.91. The van der Waals surface area contributed by atoms with Gasteiger partial charge in [0.1, 0.15) is 5.82 Å². The molecule has 2 aliphatic rings. The molecule has 1 aliphatic heterocycles. The summed E-state index contributed by atoms with van der Waals surface area (Å²) in [6.45, 7) is -0.0286. The van der Waals surface area contributed by atoms with Crippen LogP contribution in [-0.2, 0) is 21.2 Å². The van der Waals surface area contributed by atoms with Gasteiger partial charge in [-0.3, -0.25) is 4.79 Å². The van der Waals surface area contributed by atoms with Crippen LogP contribution in [0.1, 0.15) is 44.1 Å². The average molecular weight is 578 g/mol. The van der Waals surface area contributed by atoms with E-state index < -0.39 is 38.9 Å². The van der Waals surface area contributed by atoms with Gasteiger partial charge in [-0.05, 0) is 49.1 Å². The van der Waals surface area contributed by atoms with Crippen molar-refractivity contribution in [2.24, 2.45) is 5.73 Å². The van der Waals surface area contributed by atoms with Crippen LogP contribution in [0, 0.1) is 5.82 Å². The highest BCUT2D eigenvalue weighted by atomic mass is 35.5. The van der Waals surface area contributed by atoms with Gasteiger partial charge in [-0.15, -0.1) is 5.10 Å². The number of amides is 1. The molecule has 3 aromatic rings. The Hall–Kier alpha value is -3.06. The first-order chi connectivity index (χ1) is 18.6. The maximum absolute atomic E-state index is 15.4. The lowest BCUT2D eigenvalue weighted by atomic mass is 9.79. The number of sulfone groups is 1. The molecule has 0 bridgehead atoms. The number of carbonyl (C=O) groups is 1. The number of benzene rings is 2. The Kier molecular flexibility index (Phi) is 7.64. The molecule has 13 heteroatoms. The molecule has 2 heterocycles. The molecule has 1 amide bonds. The van der Waals surface area contributed by atoms with Crippen molar-refractivity contribution in [2.45, 2.75) is 61.5 Å². The van der Waals surface area contributed by atoms with E-state index in [1.165, 1.54) is 11.0 Å². The van der Waals surface area contributed by atoms with Gasteiger partial charge in [-0.25, -0.2) is 12.8 Å². The first kappa shape index (κ1) is 27.5.